The van der Waals surface area contributed by atoms with E-state index in [0.29, 0.717) is 36.9 Å². The van der Waals surface area contributed by atoms with Gasteiger partial charge < -0.3 is 10.2 Å². The Labute approximate surface area is 189 Å². The number of anilines is 1. The van der Waals surface area contributed by atoms with Crippen LogP contribution >= 0.6 is 0 Å². The van der Waals surface area contributed by atoms with E-state index < -0.39 is 47.2 Å². The Morgan fingerprint density at radius 2 is 1.88 bits per heavy atom. The summed E-state index contributed by atoms with van der Waals surface area (Å²) in [6, 6.07) is 0.795. The van der Waals surface area contributed by atoms with Gasteiger partial charge in [-0.05, 0) is 32.8 Å². The molecule has 1 aliphatic rings. The van der Waals surface area contributed by atoms with E-state index in [1.165, 1.54) is 4.68 Å². The first-order valence-corrected chi connectivity index (χ1v) is 10.1. The molecule has 12 heteroatoms. The second kappa shape index (κ2) is 9.12. The number of rotatable bonds is 5. The van der Waals surface area contributed by atoms with Crippen LogP contribution in [0.2, 0.25) is 0 Å². The molecule has 0 unspecified atom stereocenters. The third-order valence-electron chi connectivity index (χ3n) is 5.25. The van der Waals surface area contributed by atoms with E-state index in [4.69, 9.17) is 2.74 Å². The Balaban J connectivity index is 1.44. The molecular weight excluding hydrogens is 442 g/mol. The van der Waals surface area contributed by atoms with Crippen molar-refractivity contribution in [3.05, 3.63) is 58.8 Å². The van der Waals surface area contributed by atoms with E-state index in [0.717, 1.165) is 6.20 Å². The van der Waals surface area contributed by atoms with Crippen molar-refractivity contribution in [2.45, 2.75) is 33.2 Å². The predicted octanol–water partition coefficient (Wildman–Crippen LogP) is 2.76. The van der Waals surface area contributed by atoms with E-state index >= 15 is 0 Å². The largest absolute Gasteiger partial charge is 0.352 e. The summed E-state index contributed by atoms with van der Waals surface area (Å²) in [7, 11) is 0. The van der Waals surface area contributed by atoms with E-state index in [2.05, 4.69) is 20.1 Å². The Hall–Kier alpha value is -3.57. The summed E-state index contributed by atoms with van der Waals surface area (Å²) in [6.07, 6.45) is 1.55. The molecule has 1 saturated heterocycles. The zero-order chi connectivity index (χ0) is 25.5. The second-order valence-electron chi connectivity index (χ2n) is 7.58. The van der Waals surface area contributed by atoms with Crippen LogP contribution in [0.1, 0.15) is 32.8 Å². The van der Waals surface area contributed by atoms with Crippen LogP contribution in [0.25, 0.3) is 5.82 Å². The number of benzene rings is 1. The van der Waals surface area contributed by atoms with Crippen LogP contribution in [-0.4, -0.2) is 43.7 Å². The van der Waals surface area contributed by atoms with Crippen molar-refractivity contribution in [2.24, 2.45) is 5.92 Å². The minimum atomic E-state index is -2.83. The normalized spacial score (nSPS) is 15.9. The molecule has 0 spiro atoms. The molecule has 4 rings (SSSR count). The summed E-state index contributed by atoms with van der Waals surface area (Å²) in [6.45, 7) is 1.09. The van der Waals surface area contributed by atoms with Gasteiger partial charge in [0.05, 0.1) is 8.94 Å². The van der Waals surface area contributed by atoms with Gasteiger partial charge in [-0.25, -0.2) is 27.5 Å². The summed E-state index contributed by atoms with van der Waals surface area (Å²) < 4.78 is 72.6. The average Bonchev–Trinajstić information content (AvgIpc) is 3.13. The maximum Gasteiger partial charge on any atom is 0.227 e. The molecule has 1 fully saturated rings. The molecule has 1 aliphatic heterocycles. The Kier molecular flexibility index (Phi) is 5.55. The monoisotopic (exact) mass is 465 g/mol. The molecule has 3 heterocycles. The molecule has 0 aliphatic carbocycles. The Bertz CT molecular complexity index is 1280. The topological polar surface area (TPSA) is 88.8 Å². The highest BCUT2D eigenvalue weighted by molar-refractivity contribution is 5.79. The minimum Gasteiger partial charge on any atom is -0.352 e. The Morgan fingerprint density at radius 1 is 1.15 bits per heavy atom. The number of nitrogens with one attached hydrogen (secondary N) is 1. The zero-order valence-electron chi connectivity index (χ0n) is 19.7. The maximum absolute atomic E-state index is 14.4. The average molecular weight is 465 g/mol. The van der Waals surface area contributed by atoms with Gasteiger partial charge in [-0.1, -0.05) is 0 Å². The second-order valence-corrected chi connectivity index (χ2v) is 7.58. The number of carbonyl (C=O) groups excluding carboxylic acids is 1. The molecule has 0 saturated carbocycles. The number of amides is 1. The number of halogens is 4. The number of aromatic nitrogens is 5. The van der Waals surface area contributed by atoms with Crippen molar-refractivity contribution in [3.8, 4) is 5.82 Å². The number of hydrogen-bond acceptors (Lipinski definition) is 6. The zero-order valence-corrected chi connectivity index (χ0v) is 17.7. The number of hydrogen-bond donors (Lipinski definition) is 1. The molecule has 0 bridgehead atoms. The highest BCUT2D eigenvalue weighted by atomic mass is 19.2. The highest BCUT2D eigenvalue weighted by Crippen LogP contribution is 2.23. The van der Waals surface area contributed by atoms with Crippen molar-refractivity contribution >= 4 is 11.9 Å². The fourth-order valence-corrected chi connectivity index (χ4v) is 3.59. The van der Waals surface area contributed by atoms with Crippen molar-refractivity contribution in [1.29, 1.82) is 0 Å². The van der Waals surface area contributed by atoms with Crippen molar-refractivity contribution in [2.75, 3.05) is 18.0 Å². The third kappa shape index (κ3) is 4.78. The van der Waals surface area contributed by atoms with Crippen LogP contribution in [0.4, 0.5) is 23.5 Å². The van der Waals surface area contributed by atoms with Gasteiger partial charge in [-0.3, -0.25) is 4.79 Å². The number of nitrogens with zero attached hydrogens (tertiary/aromatic N) is 6. The van der Waals surface area contributed by atoms with E-state index in [1.54, 1.807) is 18.7 Å². The highest BCUT2D eigenvalue weighted by Gasteiger charge is 2.27. The standard InChI is InChI=1S/C21H21F4N7O/c1-11-28-12(2)32(30-11)19-17(24)10-27-21(29-19)31-5-3-13(4-6-31)20(33)26-9-14-7-15(22)8-16(23)18(14)25/h7-8,10,13H,3-6,9H2,1-2H3,(H,26,33)/i9D2. The van der Waals surface area contributed by atoms with Gasteiger partial charge in [0.15, 0.2) is 23.3 Å². The van der Waals surface area contributed by atoms with Gasteiger partial charge >= 0.3 is 0 Å². The predicted molar refractivity (Wildman–Crippen MR) is 109 cm³/mol. The summed E-state index contributed by atoms with van der Waals surface area (Å²) in [5, 5.41) is 6.18. The van der Waals surface area contributed by atoms with Crippen LogP contribution in [0.3, 0.4) is 0 Å². The van der Waals surface area contributed by atoms with Crippen LogP contribution < -0.4 is 10.2 Å². The summed E-state index contributed by atoms with van der Waals surface area (Å²) in [5.74, 6) is -5.29. The van der Waals surface area contributed by atoms with Crippen molar-refractivity contribution in [3.63, 3.8) is 0 Å². The molecule has 0 radical (unpaired) electrons. The number of piperidine rings is 1. The molecule has 3 aromatic rings. The quantitative estimate of drug-likeness (QED) is 0.461. The molecule has 0 atom stereocenters. The molecule has 1 aromatic carbocycles. The lowest BCUT2D eigenvalue weighted by Gasteiger charge is -2.31. The molecule has 1 amide bonds. The lowest BCUT2D eigenvalue weighted by atomic mass is 9.96. The third-order valence-corrected chi connectivity index (χ3v) is 5.25. The van der Waals surface area contributed by atoms with E-state index in [1.807, 2.05) is 5.32 Å². The fraction of sp³-hybridized carbons (Fsp3) is 0.381. The van der Waals surface area contributed by atoms with Crippen LogP contribution in [0.5, 0.6) is 0 Å². The minimum absolute atomic E-state index is 0.0643. The van der Waals surface area contributed by atoms with Crippen LogP contribution in [0, 0.1) is 43.0 Å². The molecule has 174 valence electrons. The molecular formula is C21H21F4N7O. The first-order chi connectivity index (χ1) is 16.5. The molecule has 1 N–H and O–H groups in total. The van der Waals surface area contributed by atoms with Gasteiger partial charge in [0.1, 0.15) is 17.5 Å². The van der Waals surface area contributed by atoms with E-state index in [-0.39, 0.29) is 24.6 Å². The lowest BCUT2D eigenvalue weighted by Crippen LogP contribution is -2.41. The van der Waals surface area contributed by atoms with E-state index in [9.17, 15) is 22.4 Å². The van der Waals surface area contributed by atoms with Crippen LogP contribution in [0.15, 0.2) is 18.3 Å². The van der Waals surface area contributed by atoms with Gasteiger partial charge in [0.2, 0.25) is 11.9 Å². The van der Waals surface area contributed by atoms with Gasteiger partial charge in [-0.2, -0.15) is 9.67 Å². The molecule has 33 heavy (non-hydrogen) atoms. The van der Waals surface area contributed by atoms with Crippen molar-refractivity contribution < 1.29 is 25.1 Å². The van der Waals surface area contributed by atoms with Crippen molar-refractivity contribution in [1.82, 2.24) is 30.0 Å². The number of aryl methyl sites for hydroxylation is 2. The smallest absolute Gasteiger partial charge is 0.227 e. The Morgan fingerprint density at radius 3 is 2.55 bits per heavy atom. The lowest BCUT2D eigenvalue weighted by molar-refractivity contribution is -0.125. The van der Waals surface area contributed by atoms with Gasteiger partial charge in [0, 0.05) is 37.1 Å². The molecule has 8 nitrogen and oxygen atoms in total. The summed E-state index contributed by atoms with van der Waals surface area (Å²) >= 11 is 0. The van der Waals surface area contributed by atoms with Gasteiger partial charge in [0.25, 0.3) is 0 Å². The van der Waals surface area contributed by atoms with Gasteiger partial charge in [-0.15, -0.1) is 5.10 Å². The maximum atomic E-state index is 14.4. The first kappa shape index (κ1) is 20.1. The van der Waals surface area contributed by atoms with Crippen LogP contribution in [-0.2, 0) is 11.3 Å². The summed E-state index contributed by atoms with van der Waals surface area (Å²) in [4.78, 5) is 26.8. The first-order valence-electron chi connectivity index (χ1n) is 11.1. The SMILES string of the molecule is [2H]C([2H])(NC(=O)C1CCN(c2ncc(F)c(-n3nc(C)nc3C)n2)CC1)c1cc(F)cc(F)c1F. The number of carbonyl (C=O) groups is 1. The summed E-state index contributed by atoms with van der Waals surface area (Å²) in [5.41, 5.74) is -0.938. The fourth-order valence-electron chi connectivity index (χ4n) is 3.59. The molecule has 2 aromatic heterocycles.